The number of unbranched alkanes of at least 4 members (excludes halogenated alkanes) is 1. The predicted octanol–water partition coefficient (Wildman–Crippen LogP) is 1.99. The summed E-state index contributed by atoms with van der Waals surface area (Å²) in [7, 11) is -3.10. The fraction of sp³-hybridized carbons (Fsp3) is 0.524. The summed E-state index contributed by atoms with van der Waals surface area (Å²) in [5, 5.41) is 0. The first-order chi connectivity index (χ1) is 13.3. The first-order valence-corrected chi connectivity index (χ1v) is 11.7. The van der Waals surface area contributed by atoms with Crippen molar-refractivity contribution in [2.24, 2.45) is 0 Å². The molecule has 1 aliphatic heterocycles. The molecule has 1 aliphatic carbocycles. The van der Waals surface area contributed by atoms with Crippen LogP contribution >= 0.6 is 0 Å². The molecule has 6 nitrogen and oxygen atoms in total. The van der Waals surface area contributed by atoms with E-state index in [0.29, 0.717) is 37.9 Å². The fourth-order valence-corrected chi connectivity index (χ4v) is 4.76. The Morgan fingerprint density at radius 3 is 2.18 bits per heavy atom. The Morgan fingerprint density at radius 1 is 1.00 bits per heavy atom. The summed E-state index contributed by atoms with van der Waals surface area (Å²) in [4.78, 5) is 27.1. The average molecular weight is 405 g/mol. The van der Waals surface area contributed by atoms with E-state index in [4.69, 9.17) is 0 Å². The third-order valence-corrected chi connectivity index (χ3v) is 6.87. The molecule has 0 atom stereocenters. The standard InChI is InChI=1S/C21H28N2O4S/c1-28(26,27)23-13-11-22(12-14-23)10-6-5-9-19-20(24)15-18(16-21(19)25)17-7-3-2-4-8-17/h2-4,7-9,18H,5-6,10-16H2,1H3. The van der Waals surface area contributed by atoms with Gasteiger partial charge in [0.05, 0.1) is 11.8 Å². The van der Waals surface area contributed by atoms with E-state index in [-0.39, 0.29) is 17.5 Å². The van der Waals surface area contributed by atoms with Crippen LogP contribution in [-0.2, 0) is 19.6 Å². The van der Waals surface area contributed by atoms with Crippen molar-refractivity contribution in [1.29, 1.82) is 0 Å². The van der Waals surface area contributed by atoms with Gasteiger partial charge in [0.25, 0.3) is 0 Å². The van der Waals surface area contributed by atoms with Gasteiger partial charge >= 0.3 is 0 Å². The van der Waals surface area contributed by atoms with Crippen LogP contribution in [0.25, 0.3) is 0 Å². The number of carbonyl (C=O) groups excluding carboxylic acids is 2. The highest BCUT2D eigenvalue weighted by Gasteiger charge is 2.30. The molecule has 3 rings (SSSR count). The molecule has 1 saturated carbocycles. The Hall–Kier alpha value is -1.83. The van der Waals surface area contributed by atoms with Crippen LogP contribution in [0.5, 0.6) is 0 Å². The number of hydrogen-bond donors (Lipinski definition) is 0. The molecule has 0 bridgehead atoms. The molecule has 7 heteroatoms. The van der Waals surface area contributed by atoms with Gasteiger partial charge in [0.2, 0.25) is 10.0 Å². The van der Waals surface area contributed by atoms with Crippen LogP contribution in [-0.4, -0.2) is 68.2 Å². The van der Waals surface area contributed by atoms with Gasteiger partial charge in [0.1, 0.15) is 0 Å². The van der Waals surface area contributed by atoms with Crippen molar-refractivity contribution >= 4 is 21.6 Å². The van der Waals surface area contributed by atoms with Crippen molar-refractivity contribution in [3.05, 3.63) is 47.5 Å². The summed E-state index contributed by atoms with van der Waals surface area (Å²) in [5.74, 6) is -0.108. The summed E-state index contributed by atoms with van der Waals surface area (Å²) in [5.41, 5.74) is 1.42. The van der Waals surface area contributed by atoms with Crippen molar-refractivity contribution in [3.8, 4) is 0 Å². The van der Waals surface area contributed by atoms with Crippen LogP contribution < -0.4 is 0 Å². The summed E-state index contributed by atoms with van der Waals surface area (Å²) in [6.45, 7) is 3.34. The highest BCUT2D eigenvalue weighted by molar-refractivity contribution is 7.88. The van der Waals surface area contributed by atoms with Crippen LogP contribution in [0.3, 0.4) is 0 Å². The fourth-order valence-electron chi connectivity index (χ4n) is 3.93. The molecule has 152 valence electrons. The molecule has 28 heavy (non-hydrogen) atoms. The average Bonchev–Trinajstić information content (AvgIpc) is 2.67. The lowest BCUT2D eigenvalue weighted by Gasteiger charge is -2.33. The van der Waals surface area contributed by atoms with Gasteiger partial charge in [-0.3, -0.25) is 9.59 Å². The third-order valence-electron chi connectivity index (χ3n) is 5.56. The molecular formula is C21H28N2O4S. The largest absolute Gasteiger partial charge is 0.301 e. The molecule has 1 heterocycles. The van der Waals surface area contributed by atoms with Crippen molar-refractivity contribution < 1.29 is 18.0 Å². The van der Waals surface area contributed by atoms with E-state index in [1.54, 1.807) is 6.08 Å². The van der Waals surface area contributed by atoms with Gasteiger partial charge in [-0.15, -0.1) is 0 Å². The molecule has 1 aromatic carbocycles. The second-order valence-corrected chi connectivity index (χ2v) is 9.61. The molecule has 0 unspecified atom stereocenters. The highest BCUT2D eigenvalue weighted by atomic mass is 32.2. The van der Waals surface area contributed by atoms with Crippen LogP contribution in [0.2, 0.25) is 0 Å². The number of carbonyl (C=O) groups is 2. The summed E-state index contributed by atoms with van der Waals surface area (Å²) in [6.07, 6.45) is 5.39. The third kappa shape index (κ3) is 5.37. The minimum atomic E-state index is -3.10. The van der Waals surface area contributed by atoms with E-state index in [0.717, 1.165) is 31.6 Å². The number of allylic oxidation sites excluding steroid dienone is 2. The maximum absolute atomic E-state index is 12.5. The van der Waals surface area contributed by atoms with Crippen molar-refractivity contribution in [2.75, 3.05) is 39.0 Å². The Labute approximate surface area is 167 Å². The number of ketones is 2. The highest BCUT2D eigenvalue weighted by Crippen LogP contribution is 2.31. The maximum atomic E-state index is 12.5. The van der Waals surface area contributed by atoms with E-state index in [1.807, 2.05) is 30.3 Å². The number of Topliss-reactive ketones (excluding diaryl/α,β-unsaturated/α-hetero) is 2. The molecule has 1 saturated heterocycles. The second-order valence-electron chi connectivity index (χ2n) is 7.63. The quantitative estimate of drug-likeness (QED) is 0.412. The molecule has 0 N–H and O–H groups in total. The molecule has 2 aliphatic rings. The van der Waals surface area contributed by atoms with E-state index in [1.165, 1.54) is 10.6 Å². The first kappa shape index (κ1) is 20.9. The molecule has 0 radical (unpaired) electrons. The van der Waals surface area contributed by atoms with Crippen LogP contribution in [0, 0.1) is 0 Å². The Morgan fingerprint density at radius 2 is 1.61 bits per heavy atom. The van der Waals surface area contributed by atoms with E-state index in [9.17, 15) is 18.0 Å². The summed E-state index contributed by atoms with van der Waals surface area (Å²) >= 11 is 0. The van der Waals surface area contributed by atoms with Gasteiger partial charge in [0, 0.05) is 39.0 Å². The summed E-state index contributed by atoms with van der Waals surface area (Å²) in [6, 6.07) is 9.76. The number of sulfonamides is 1. The van der Waals surface area contributed by atoms with Crippen LogP contribution in [0.4, 0.5) is 0 Å². The molecular weight excluding hydrogens is 376 g/mol. The minimum Gasteiger partial charge on any atom is -0.301 e. The zero-order valence-corrected chi connectivity index (χ0v) is 17.2. The number of hydrogen-bond acceptors (Lipinski definition) is 5. The van der Waals surface area contributed by atoms with Crippen LogP contribution in [0.15, 0.2) is 42.0 Å². The number of benzene rings is 1. The zero-order chi connectivity index (χ0) is 20.1. The number of rotatable bonds is 6. The minimum absolute atomic E-state index is 0.00973. The van der Waals surface area contributed by atoms with Crippen molar-refractivity contribution in [1.82, 2.24) is 9.21 Å². The van der Waals surface area contributed by atoms with Gasteiger partial charge in [0.15, 0.2) is 11.6 Å². The maximum Gasteiger partial charge on any atom is 0.211 e. The van der Waals surface area contributed by atoms with E-state index >= 15 is 0 Å². The SMILES string of the molecule is CS(=O)(=O)N1CCN(CCCC=C2C(=O)CC(c3ccccc3)CC2=O)CC1. The van der Waals surface area contributed by atoms with Gasteiger partial charge in [-0.25, -0.2) is 8.42 Å². The van der Waals surface area contributed by atoms with Crippen molar-refractivity contribution in [2.45, 2.75) is 31.6 Å². The predicted molar refractivity (Wildman–Crippen MR) is 109 cm³/mol. The van der Waals surface area contributed by atoms with Gasteiger partial charge < -0.3 is 4.90 Å². The Bertz CT molecular complexity index is 820. The molecule has 0 amide bonds. The Balaban J connectivity index is 1.45. The smallest absolute Gasteiger partial charge is 0.211 e. The van der Waals surface area contributed by atoms with Gasteiger partial charge in [-0.05, 0) is 30.9 Å². The van der Waals surface area contributed by atoms with E-state index in [2.05, 4.69) is 4.90 Å². The summed E-state index contributed by atoms with van der Waals surface area (Å²) < 4.78 is 24.6. The Kier molecular flexibility index (Phi) is 6.80. The lowest BCUT2D eigenvalue weighted by Crippen LogP contribution is -2.48. The van der Waals surface area contributed by atoms with Gasteiger partial charge in [-0.1, -0.05) is 36.4 Å². The van der Waals surface area contributed by atoms with Crippen molar-refractivity contribution in [3.63, 3.8) is 0 Å². The zero-order valence-electron chi connectivity index (χ0n) is 16.3. The lowest BCUT2D eigenvalue weighted by molar-refractivity contribution is -0.124. The number of piperazine rings is 1. The van der Waals surface area contributed by atoms with Crippen LogP contribution in [0.1, 0.15) is 37.2 Å². The second kappa shape index (κ2) is 9.11. The monoisotopic (exact) mass is 404 g/mol. The molecule has 0 aromatic heterocycles. The molecule has 1 aromatic rings. The normalized spacial score (nSPS) is 22.5. The number of nitrogens with zero attached hydrogens (tertiary/aromatic N) is 2. The van der Waals surface area contributed by atoms with E-state index < -0.39 is 10.0 Å². The topological polar surface area (TPSA) is 74.8 Å². The van der Waals surface area contributed by atoms with Gasteiger partial charge in [-0.2, -0.15) is 4.31 Å². The molecule has 0 spiro atoms. The first-order valence-electron chi connectivity index (χ1n) is 9.83. The lowest BCUT2D eigenvalue weighted by atomic mass is 9.79. The molecule has 2 fully saturated rings.